The lowest BCUT2D eigenvalue weighted by Gasteiger charge is -2.10. The molecular formula is C17H20ClNO4S. The summed E-state index contributed by atoms with van der Waals surface area (Å²) in [7, 11) is -0.309. The first-order valence-electron chi connectivity index (χ1n) is 7.37. The van der Waals surface area contributed by atoms with Crippen LogP contribution in [-0.4, -0.2) is 28.4 Å². The second-order valence-electron chi connectivity index (χ2n) is 5.17. The summed E-state index contributed by atoms with van der Waals surface area (Å²) in [6.07, 6.45) is 0.373. The van der Waals surface area contributed by atoms with E-state index in [1.54, 1.807) is 44.6 Å². The summed E-state index contributed by atoms with van der Waals surface area (Å²) in [5.74, 6) is 1.17. The normalized spacial score (nSPS) is 11.3. The molecule has 0 bridgehead atoms. The number of hydrogen-bond donors (Lipinski definition) is 1. The number of hydrogen-bond acceptors (Lipinski definition) is 4. The summed E-state index contributed by atoms with van der Waals surface area (Å²) >= 11 is 6.03. The maximum atomic E-state index is 12.2. The van der Waals surface area contributed by atoms with Crippen molar-refractivity contribution in [2.75, 3.05) is 20.0 Å². The smallest absolute Gasteiger partial charge is 0.212 e. The van der Waals surface area contributed by atoms with Crippen molar-refractivity contribution in [1.82, 2.24) is 4.72 Å². The van der Waals surface area contributed by atoms with Gasteiger partial charge < -0.3 is 9.47 Å². The van der Waals surface area contributed by atoms with Gasteiger partial charge in [-0.05, 0) is 35.7 Å². The molecule has 0 atom stereocenters. The fraction of sp³-hybridized carbons (Fsp3) is 0.294. The van der Waals surface area contributed by atoms with Gasteiger partial charge in [0.25, 0.3) is 0 Å². The topological polar surface area (TPSA) is 64.6 Å². The summed E-state index contributed by atoms with van der Waals surface area (Å²) in [5, 5.41) is 0.542. The Hall–Kier alpha value is -1.76. The molecule has 0 aliphatic heterocycles. The fourth-order valence-corrected chi connectivity index (χ4v) is 3.42. The number of aryl methyl sites for hydroxylation is 1. The zero-order chi connectivity index (χ0) is 17.6. The summed E-state index contributed by atoms with van der Waals surface area (Å²) in [6, 6.07) is 12.5. The van der Waals surface area contributed by atoms with Crippen LogP contribution in [0.1, 0.15) is 11.1 Å². The molecule has 0 saturated carbocycles. The number of methoxy groups -OCH3 is 2. The van der Waals surface area contributed by atoms with E-state index < -0.39 is 10.0 Å². The molecule has 7 heteroatoms. The Balaban J connectivity index is 1.96. The second-order valence-corrected chi connectivity index (χ2v) is 7.50. The number of benzene rings is 2. The minimum absolute atomic E-state index is 0.0209. The predicted molar refractivity (Wildman–Crippen MR) is 95.3 cm³/mol. The van der Waals surface area contributed by atoms with Crippen molar-refractivity contribution in [2.24, 2.45) is 0 Å². The minimum Gasteiger partial charge on any atom is -0.493 e. The molecule has 0 radical (unpaired) electrons. The maximum Gasteiger partial charge on any atom is 0.212 e. The zero-order valence-electron chi connectivity index (χ0n) is 13.6. The maximum absolute atomic E-state index is 12.2. The van der Waals surface area contributed by atoms with E-state index in [2.05, 4.69) is 4.72 Å². The molecule has 0 spiro atoms. The van der Waals surface area contributed by atoms with E-state index in [9.17, 15) is 8.42 Å². The molecular weight excluding hydrogens is 350 g/mol. The van der Waals surface area contributed by atoms with Crippen LogP contribution in [0.25, 0.3) is 0 Å². The lowest BCUT2D eigenvalue weighted by atomic mass is 10.1. The molecule has 2 rings (SSSR count). The van der Waals surface area contributed by atoms with Crippen LogP contribution in [0, 0.1) is 0 Å². The van der Waals surface area contributed by atoms with Crippen molar-refractivity contribution in [3.05, 3.63) is 58.6 Å². The van der Waals surface area contributed by atoms with Gasteiger partial charge >= 0.3 is 0 Å². The van der Waals surface area contributed by atoms with Gasteiger partial charge in [0.15, 0.2) is 11.5 Å². The largest absolute Gasteiger partial charge is 0.493 e. The average Bonchev–Trinajstić information content (AvgIpc) is 2.59. The first-order valence-corrected chi connectivity index (χ1v) is 9.40. The third-order valence-corrected chi connectivity index (χ3v) is 5.24. The summed E-state index contributed by atoms with van der Waals surface area (Å²) < 4.78 is 37.3. The van der Waals surface area contributed by atoms with E-state index in [-0.39, 0.29) is 12.3 Å². The molecule has 0 amide bonds. The number of halogens is 1. The van der Waals surface area contributed by atoms with Crippen LogP contribution in [0.15, 0.2) is 42.5 Å². The van der Waals surface area contributed by atoms with E-state index in [0.29, 0.717) is 22.9 Å². The second kappa shape index (κ2) is 8.37. The van der Waals surface area contributed by atoms with E-state index in [0.717, 1.165) is 11.1 Å². The van der Waals surface area contributed by atoms with E-state index in [1.165, 1.54) is 0 Å². The third-order valence-electron chi connectivity index (χ3n) is 3.55. The van der Waals surface area contributed by atoms with Crippen molar-refractivity contribution in [3.8, 4) is 11.5 Å². The molecule has 0 aromatic heterocycles. The Labute approximate surface area is 147 Å². The number of sulfonamides is 1. The molecule has 0 saturated heterocycles. The number of ether oxygens (including phenoxy) is 2. The zero-order valence-corrected chi connectivity index (χ0v) is 15.2. The van der Waals surface area contributed by atoms with E-state index in [1.807, 2.05) is 12.1 Å². The fourth-order valence-electron chi connectivity index (χ4n) is 2.19. The predicted octanol–water partition coefficient (Wildman–Crippen LogP) is 3.02. The van der Waals surface area contributed by atoms with Gasteiger partial charge in [-0.15, -0.1) is 0 Å². The quantitative estimate of drug-likeness (QED) is 0.776. The van der Waals surface area contributed by atoms with Crippen LogP contribution in [0.5, 0.6) is 11.5 Å². The summed E-state index contributed by atoms with van der Waals surface area (Å²) in [6.45, 7) is 0.175. The first kappa shape index (κ1) is 18.6. The molecule has 0 aliphatic rings. The van der Waals surface area contributed by atoms with Crippen LogP contribution in [0.3, 0.4) is 0 Å². The molecule has 0 aliphatic carbocycles. The molecule has 24 heavy (non-hydrogen) atoms. The molecule has 0 fully saturated rings. The van der Waals surface area contributed by atoms with Crippen molar-refractivity contribution < 1.29 is 17.9 Å². The monoisotopic (exact) mass is 369 g/mol. The lowest BCUT2D eigenvalue weighted by molar-refractivity contribution is 0.354. The molecule has 0 heterocycles. The highest BCUT2D eigenvalue weighted by Crippen LogP contribution is 2.27. The molecule has 2 aromatic rings. The van der Waals surface area contributed by atoms with Gasteiger partial charge in [-0.1, -0.05) is 35.9 Å². The SMILES string of the molecule is COc1ccc(CCS(=O)(=O)NCc2ccccc2Cl)cc1OC. The van der Waals surface area contributed by atoms with Crippen molar-refractivity contribution in [3.63, 3.8) is 0 Å². The minimum atomic E-state index is -3.41. The van der Waals surface area contributed by atoms with E-state index in [4.69, 9.17) is 21.1 Å². The lowest BCUT2D eigenvalue weighted by Crippen LogP contribution is -2.27. The van der Waals surface area contributed by atoms with Gasteiger partial charge in [0.1, 0.15) is 0 Å². The summed E-state index contributed by atoms with van der Waals surface area (Å²) in [5.41, 5.74) is 1.60. The van der Waals surface area contributed by atoms with Crippen LogP contribution in [-0.2, 0) is 23.0 Å². The van der Waals surface area contributed by atoms with Gasteiger partial charge in [-0.25, -0.2) is 13.1 Å². The Bertz CT molecular complexity index is 793. The molecule has 2 aromatic carbocycles. The van der Waals surface area contributed by atoms with Crippen LogP contribution >= 0.6 is 11.6 Å². The first-order chi connectivity index (χ1) is 11.4. The average molecular weight is 370 g/mol. The van der Waals surface area contributed by atoms with Crippen LogP contribution in [0.2, 0.25) is 5.02 Å². The Morgan fingerprint density at radius 1 is 1.04 bits per heavy atom. The highest BCUT2D eigenvalue weighted by Gasteiger charge is 2.12. The summed E-state index contributed by atoms with van der Waals surface area (Å²) in [4.78, 5) is 0. The van der Waals surface area contributed by atoms with Crippen molar-refractivity contribution >= 4 is 21.6 Å². The van der Waals surface area contributed by atoms with Crippen LogP contribution in [0.4, 0.5) is 0 Å². The molecule has 130 valence electrons. The highest BCUT2D eigenvalue weighted by molar-refractivity contribution is 7.89. The number of nitrogens with one attached hydrogen (secondary N) is 1. The van der Waals surface area contributed by atoms with Crippen molar-refractivity contribution in [1.29, 1.82) is 0 Å². The Kier molecular flexibility index (Phi) is 6.48. The number of rotatable bonds is 8. The molecule has 1 N–H and O–H groups in total. The van der Waals surface area contributed by atoms with Gasteiger partial charge in [0.2, 0.25) is 10.0 Å². The Morgan fingerprint density at radius 3 is 2.42 bits per heavy atom. The van der Waals surface area contributed by atoms with Gasteiger partial charge in [-0.3, -0.25) is 0 Å². The van der Waals surface area contributed by atoms with Gasteiger partial charge in [0, 0.05) is 11.6 Å². The van der Waals surface area contributed by atoms with Crippen LogP contribution < -0.4 is 14.2 Å². The molecule has 0 unspecified atom stereocenters. The van der Waals surface area contributed by atoms with Gasteiger partial charge in [0.05, 0.1) is 20.0 Å². The van der Waals surface area contributed by atoms with E-state index >= 15 is 0 Å². The van der Waals surface area contributed by atoms with Crippen molar-refractivity contribution in [2.45, 2.75) is 13.0 Å². The third kappa shape index (κ3) is 5.12. The standard InChI is InChI=1S/C17H20ClNO4S/c1-22-16-8-7-13(11-17(16)23-2)9-10-24(20,21)19-12-14-5-3-4-6-15(14)18/h3-8,11,19H,9-10,12H2,1-2H3. The van der Waals surface area contributed by atoms with Gasteiger partial charge in [-0.2, -0.15) is 0 Å². The molecule has 5 nitrogen and oxygen atoms in total. The highest BCUT2D eigenvalue weighted by atomic mass is 35.5. The Morgan fingerprint density at radius 2 is 1.75 bits per heavy atom.